The molecule has 0 bridgehead atoms. The van der Waals surface area contributed by atoms with E-state index < -0.39 is 4.92 Å². The summed E-state index contributed by atoms with van der Waals surface area (Å²) in [6, 6.07) is 8.98. The normalized spacial score (nSPS) is 10.3. The smallest absolute Gasteiger partial charge is 0.311 e. The monoisotopic (exact) mass is 275 g/mol. The van der Waals surface area contributed by atoms with Crippen LogP contribution in [0.2, 0.25) is 0 Å². The van der Waals surface area contributed by atoms with Crippen LogP contribution in [0.4, 0.5) is 5.69 Å². The summed E-state index contributed by atoms with van der Waals surface area (Å²) in [5.74, 6) is 0.270. The second-order valence-electron chi connectivity index (χ2n) is 4.55. The van der Waals surface area contributed by atoms with Gasteiger partial charge in [0, 0.05) is 17.5 Å². The van der Waals surface area contributed by atoms with Gasteiger partial charge in [-0.2, -0.15) is 0 Å². The van der Waals surface area contributed by atoms with E-state index >= 15 is 0 Å². The highest BCUT2D eigenvalue weighted by Gasteiger charge is 2.15. The molecule has 2 aromatic rings. The van der Waals surface area contributed by atoms with Crippen molar-refractivity contribution in [2.75, 3.05) is 12.5 Å². The molecule has 0 amide bonds. The number of aryl methyl sites for hydroxylation is 2. The van der Waals surface area contributed by atoms with Crippen LogP contribution in [0.5, 0.6) is 5.75 Å². The number of rotatable bonds is 5. The Morgan fingerprint density at radius 1 is 1.25 bits per heavy atom. The number of ether oxygens (including phenoxy) is 1. The summed E-state index contributed by atoms with van der Waals surface area (Å²) in [6.45, 7) is 4.49. The van der Waals surface area contributed by atoms with E-state index in [2.05, 4.69) is 5.43 Å². The molecule has 6 heteroatoms. The second-order valence-corrected chi connectivity index (χ2v) is 4.55. The highest BCUT2D eigenvalue weighted by Crippen LogP contribution is 2.27. The molecule has 1 aromatic heterocycles. The molecule has 0 aliphatic carbocycles. The molecular weight excluding hydrogens is 258 g/mol. The molecule has 2 rings (SSSR count). The Morgan fingerprint density at radius 2 is 1.90 bits per heavy atom. The van der Waals surface area contributed by atoms with E-state index in [0.29, 0.717) is 6.54 Å². The number of hydrogen-bond donors (Lipinski definition) is 1. The molecule has 0 aliphatic rings. The Hall–Kier alpha value is -2.50. The first kappa shape index (κ1) is 13.9. The number of nitrogens with zero attached hydrogens (tertiary/aromatic N) is 2. The third-order valence-corrected chi connectivity index (χ3v) is 3.15. The molecule has 106 valence electrons. The standard InChI is InChI=1S/C14H17N3O3/c1-10-4-5-11(2)16(10)15-9-12-6-7-14(20-3)13(8-12)17(18)19/h4-8,15H,9H2,1-3H3. The zero-order chi connectivity index (χ0) is 14.7. The maximum Gasteiger partial charge on any atom is 0.311 e. The maximum atomic E-state index is 11.0. The molecule has 1 heterocycles. The van der Waals surface area contributed by atoms with Gasteiger partial charge in [0.15, 0.2) is 5.75 Å². The predicted molar refractivity (Wildman–Crippen MR) is 76.6 cm³/mol. The Labute approximate surface area is 117 Å². The number of benzene rings is 1. The lowest BCUT2D eigenvalue weighted by molar-refractivity contribution is -0.385. The summed E-state index contributed by atoms with van der Waals surface area (Å²) >= 11 is 0. The zero-order valence-electron chi connectivity index (χ0n) is 11.7. The Balaban J connectivity index is 2.18. The molecular formula is C14H17N3O3. The minimum atomic E-state index is -0.436. The predicted octanol–water partition coefficient (Wildman–Crippen LogP) is 2.77. The number of aromatic nitrogens is 1. The van der Waals surface area contributed by atoms with Crippen LogP contribution < -0.4 is 10.2 Å². The largest absolute Gasteiger partial charge is 0.490 e. The fourth-order valence-corrected chi connectivity index (χ4v) is 2.08. The van der Waals surface area contributed by atoms with Crippen molar-refractivity contribution in [1.82, 2.24) is 4.68 Å². The molecule has 0 radical (unpaired) electrons. The third kappa shape index (κ3) is 2.74. The zero-order valence-corrected chi connectivity index (χ0v) is 11.7. The van der Waals surface area contributed by atoms with Crippen LogP contribution in [0, 0.1) is 24.0 Å². The number of nitrogens with one attached hydrogen (secondary N) is 1. The van der Waals surface area contributed by atoms with Gasteiger partial charge in [-0.05, 0) is 37.6 Å². The molecule has 0 unspecified atom stereocenters. The van der Waals surface area contributed by atoms with Gasteiger partial charge in [-0.1, -0.05) is 6.07 Å². The lowest BCUT2D eigenvalue weighted by Gasteiger charge is -2.13. The van der Waals surface area contributed by atoms with Crippen LogP contribution in [-0.4, -0.2) is 16.7 Å². The molecule has 1 aromatic carbocycles. The first-order chi connectivity index (χ1) is 9.52. The van der Waals surface area contributed by atoms with Crippen molar-refractivity contribution in [3.63, 3.8) is 0 Å². The highest BCUT2D eigenvalue weighted by atomic mass is 16.6. The quantitative estimate of drug-likeness (QED) is 0.673. The molecule has 0 fully saturated rings. The van der Waals surface area contributed by atoms with Crippen molar-refractivity contribution in [2.24, 2.45) is 0 Å². The number of nitro benzene ring substituents is 1. The molecule has 0 aliphatic heterocycles. The Morgan fingerprint density at radius 3 is 2.45 bits per heavy atom. The van der Waals surface area contributed by atoms with Crippen LogP contribution >= 0.6 is 0 Å². The van der Waals surface area contributed by atoms with E-state index in [0.717, 1.165) is 17.0 Å². The van der Waals surface area contributed by atoms with Crippen molar-refractivity contribution in [1.29, 1.82) is 0 Å². The molecule has 0 saturated carbocycles. The van der Waals surface area contributed by atoms with Crippen LogP contribution in [0.15, 0.2) is 30.3 Å². The van der Waals surface area contributed by atoms with Gasteiger partial charge in [0.05, 0.1) is 18.6 Å². The molecule has 1 N–H and O–H groups in total. The molecule has 6 nitrogen and oxygen atoms in total. The van der Waals surface area contributed by atoms with E-state index in [1.807, 2.05) is 36.7 Å². The lowest BCUT2D eigenvalue weighted by atomic mass is 10.2. The molecule has 0 spiro atoms. The van der Waals surface area contributed by atoms with Crippen molar-refractivity contribution in [3.8, 4) is 5.75 Å². The summed E-state index contributed by atoms with van der Waals surface area (Å²) in [6.07, 6.45) is 0. The van der Waals surface area contributed by atoms with Gasteiger partial charge in [-0.25, -0.2) is 0 Å². The van der Waals surface area contributed by atoms with Crippen LogP contribution in [0.3, 0.4) is 0 Å². The van der Waals surface area contributed by atoms with Crippen LogP contribution in [0.1, 0.15) is 17.0 Å². The summed E-state index contributed by atoms with van der Waals surface area (Å²) < 4.78 is 6.94. The maximum absolute atomic E-state index is 11.0. The number of methoxy groups -OCH3 is 1. The summed E-state index contributed by atoms with van der Waals surface area (Å²) in [5.41, 5.74) is 6.21. The van der Waals surface area contributed by atoms with Crippen LogP contribution in [0.25, 0.3) is 0 Å². The minimum Gasteiger partial charge on any atom is -0.490 e. The minimum absolute atomic E-state index is 0.0206. The second kappa shape index (κ2) is 5.64. The van der Waals surface area contributed by atoms with E-state index in [1.165, 1.54) is 13.2 Å². The first-order valence-corrected chi connectivity index (χ1v) is 6.23. The van der Waals surface area contributed by atoms with Crippen molar-refractivity contribution >= 4 is 5.69 Å². The van der Waals surface area contributed by atoms with Crippen molar-refractivity contribution in [2.45, 2.75) is 20.4 Å². The van der Waals surface area contributed by atoms with E-state index in [-0.39, 0.29) is 11.4 Å². The average molecular weight is 275 g/mol. The van der Waals surface area contributed by atoms with E-state index in [1.54, 1.807) is 6.07 Å². The molecule has 20 heavy (non-hydrogen) atoms. The van der Waals surface area contributed by atoms with Gasteiger partial charge in [0.2, 0.25) is 0 Å². The van der Waals surface area contributed by atoms with Crippen molar-refractivity contribution < 1.29 is 9.66 Å². The highest BCUT2D eigenvalue weighted by molar-refractivity contribution is 5.48. The number of hydrogen-bond acceptors (Lipinski definition) is 4. The van der Waals surface area contributed by atoms with Gasteiger partial charge in [0.25, 0.3) is 0 Å². The summed E-state index contributed by atoms with van der Waals surface area (Å²) in [5, 5.41) is 11.0. The third-order valence-electron chi connectivity index (χ3n) is 3.15. The van der Waals surface area contributed by atoms with Crippen LogP contribution in [-0.2, 0) is 6.54 Å². The molecule has 0 saturated heterocycles. The summed E-state index contributed by atoms with van der Waals surface area (Å²) in [4.78, 5) is 10.5. The first-order valence-electron chi connectivity index (χ1n) is 6.23. The Bertz CT molecular complexity index is 615. The van der Waals surface area contributed by atoms with Gasteiger partial charge >= 0.3 is 5.69 Å². The van der Waals surface area contributed by atoms with Gasteiger partial charge in [0.1, 0.15) is 0 Å². The van der Waals surface area contributed by atoms with Crippen molar-refractivity contribution in [3.05, 3.63) is 57.4 Å². The fraction of sp³-hybridized carbons (Fsp3) is 0.286. The van der Waals surface area contributed by atoms with Gasteiger partial charge < -0.3 is 10.2 Å². The van der Waals surface area contributed by atoms with E-state index in [9.17, 15) is 10.1 Å². The van der Waals surface area contributed by atoms with E-state index in [4.69, 9.17) is 4.74 Å². The average Bonchev–Trinajstić information content (AvgIpc) is 2.75. The molecule has 0 atom stereocenters. The fourth-order valence-electron chi connectivity index (χ4n) is 2.08. The lowest BCUT2D eigenvalue weighted by Crippen LogP contribution is -2.16. The van der Waals surface area contributed by atoms with Gasteiger partial charge in [-0.15, -0.1) is 0 Å². The number of nitro groups is 1. The summed E-state index contributed by atoms with van der Waals surface area (Å²) in [7, 11) is 1.42. The van der Waals surface area contributed by atoms with Gasteiger partial charge in [-0.3, -0.25) is 14.8 Å². The SMILES string of the molecule is COc1ccc(CNn2c(C)ccc2C)cc1[N+](=O)[O-]. The topological polar surface area (TPSA) is 69.3 Å². The Kier molecular flexibility index (Phi) is 3.93.